The minimum atomic E-state index is 0.704. The van der Waals surface area contributed by atoms with Crippen molar-refractivity contribution in [3.63, 3.8) is 0 Å². The Morgan fingerprint density at radius 1 is 1.20 bits per heavy atom. The van der Waals surface area contributed by atoms with Crippen molar-refractivity contribution >= 4 is 0 Å². The van der Waals surface area contributed by atoms with Crippen molar-refractivity contribution in [2.45, 2.75) is 65.3 Å². The van der Waals surface area contributed by atoms with Crippen molar-refractivity contribution in [3.05, 3.63) is 35.4 Å². The van der Waals surface area contributed by atoms with E-state index in [2.05, 4.69) is 50.4 Å². The highest BCUT2D eigenvalue weighted by Crippen LogP contribution is 2.30. The van der Waals surface area contributed by atoms with Gasteiger partial charge in [-0.1, -0.05) is 57.9 Å². The molecule has 3 atom stereocenters. The summed E-state index contributed by atoms with van der Waals surface area (Å²) in [5.74, 6) is 1.67. The number of rotatable bonds is 7. The van der Waals surface area contributed by atoms with Crippen LogP contribution in [0.15, 0.2) is 24.3 Å². The van der Waals surface area contributed by atoms with Crippen LogP contribution in [0, 0.1) is 11.8 Å². The molecule has 0 saturated heterocycles. The molecule has 0 spiro atoms. The van der Waals surface area contributed by atoms with Crippen LogP contribution in [-0.2, 0) is 12.8 Å². The maximum absolute atomic E-state index is 3.77. The van der Waals surface area contributed by atoms with Gasteiger partial charge >= 0.3 is 0 Å². The average molecular weight is 273 g/mol. The molecule has 0 aliphatic heterocycles. The Morgan fingerprint density at radius 3 is 2.65 bits per heavy atom. The summed E-state index contributed by atoms with van der Waals surface area (Å²) in [4.78, 5) is 0. The zero-order chi connectivity index (χ0) is 14.4. The second kappa shape index (κ2) is 7.83. The molecule has 0 heterocycles. The van der Waals surface area contributed by atoms with E-state index in [9.17, 15) is 0 Å². The average Bonchev–Trinajstić information content (AvgIpc) is 2.46. The van der Waals surface area contributed by atoms with Crippen LogP contribution in [0.4, 0.5) is 0 Å². The largest absolute Gasteiger partial charge is 0.314 e. The Balaban J connectivity index is 2.00. The summed E-state index contributed by atoms with van der Waals surface area (Å²) < 4.78 is 0. The molecule has 0 amide bonds. The number of aryl methyl sites for hydroxylation is 1. The second-order valence-corrected chi connectivity index (χ2v) is 6.57. The highest BCUT2D eigenvalue weighted by molar-refractivity contribution is 5.30. The van der Waals surface area contributed by atoms with E-state index in [0.29, 0.717) is 6.04 Å². The fraction of sp³-hybridized carbons (Fsp3) is 0.684. The molecule has 0 fully saturated rings. The Kier molecular flexibility index (Phi) is 6.09. The molecule has 1 aliphatic carbocycles. The van der Waals surface area contributed by atoms with E-state index in [-0.39, 0.29) is 0 Å². The van der Waals surface area contributed by atoms with Crippen LogP contribution in [-0.4, -0.2) is 12.6 Å². The lowest BCUT2D eigenvalue weighted by Gasteiger charge is -2.33. The van der Waals surface area contributed by atoms with Crippen LogP contribution in [0.5, 0.6) is 0 Å². The predicted molar refractivity (Wildman–Crippen MR) is 88.1 cm³/mol. The van der Waals surface area contributed by atoms with Crippen LogP contribution in [0.25, 0.3) is 0 Å². The van der Waals surface area contributed by atoms with Gasteiger partial charge in [0.2, 0.25) is 0 Å². The lowest BCUT2D eigenvalue weighted by molar-refractivity contribution is 0.272. The highest BCUT2D eigenvalue weighted by Gasteiger charge is 2.26. The van der Waals surface area contributed by atoms with Crippen molar-refractivity contribution in [3.8, 4) is 0 Å². The van der Waals surface area contributed by atoms with Crippen LogP contribution in [0.2, 0.25) is 0 Å². The summed E-state index contributed by atoms with van der Waals surface area (Å²) in [5.41, 5.74) is 3.18. The van der Waals surface area contributed by atoms with Crippen molar-refractivity contribution in [1.82, 2.24) is 5.32 Å². The lowest BCUT2D eigenvalue weighted by Crippen LogP contribution is -2.40. The first-order chi connectivity index (χ1) is 9.74. The van der Waals surface area contributed by atoms with Gasteiger partial charge in [0.15, 0.2) is 0 Å². The van der Waals surface area contributed by atoms with Crippen LogP contribution in [0.3, 0.4) is 0 Å². The minimum absolute atomic E-state index is 0.704. The van der Waals surface area contributed by atoms with Crippen LogP contribution < -0.4 is 5.32 Å². The van der Waals surface area contributed by atoms with E-state index in [0.717, 1.165) is 18.4 Å². The molecule has 112 valence electrons. The molecule has 1 nitrogen and oxygen atoms in total. The molecule has 1 aromatic rings. The fourth-order valence-electron chi connectivity index (χ4n) is 3.82. The third-order valence-corrected chi connectivity index (χ3v) is 4.86. The molecule has 2 rings (SSSR count). The monoisotopic (exact) mass is 273 g/mol. The van der Waals surface area contributed by atoms with Gasteiger partial charge < -0.3 is 5.32 Å². The smallest absolute Gasteiger partial charge is 0.0101 e. The van der Waals surface area contributed by atoms with E-state index < -0.39 is 0 Å². The lowest BCUT2D eigenvalue weighted by atomic mass is 9.77. The topological polar surface area (TPSA) is 12.0 Å². The number of benzene rings is 1. The van der Waals surface area contributed by atoms with Crippen molar-refractivity contribution < 1.29 is 0 Å². The standard InChI is InChI=1S/C19H31N/c1-4-8-15(3)13-19(20-5-2)18-12-11-16-9-6-7-10-17(16)14-18/h6-7,9-10,15,18-20H,4-5,8,11-14H2,1-3H3. The van der Waals surface area contributed by atoms with Gasteiger partial charge in [-0.05, 0) is 55.2 Å². The maximum Gasteiger partial charge on any atom is 0.0101 e. The first kappa shape index (κ1) is 15.6. The molecular formula is C19H31N. The molecule has 1 aromatic carbocycles. The summed E-state index contributed by atoms with van der Waals surface area (Å²) >= 11 is 0. The number of hydrogen-bond acceptors (Lipinski definition) is 1. The second-order valence-electron chi connectivity index (χ2n) is 6.57. The van der Waals surface area contributed by atoms with Gasteiger partial charge in [-0.25, -0.2) is 0 Å². The molecule has 3 unspecified atom stereocenters. The third-order valence-electron chi connectivity index (χ3n) is 4.86. The molecule has 1 N–H and O–H groups in total. The van der Waals surface area contributed by atoms with Crippen LogP contribution in [0.1, 0.15) is 57.6 Å². The zero-order valence-corrected chi connectivity index (χ0v) is 13.5. The van der Waals surface area contributed by atoms with E-state index >= 15 is 0 Å². The summed E-state index contributed by atoms with van der Waals surface area (Å²) in [5, 5.41) is 3.77. The van der Waals surface area contributed by atoms with Gasteiger partial charge in [0.25, 0.3) is 0 Å². The number of nitrogens with one attached hydrogen (secondary N) is 1. The minimum Gasteiger partial charge on any atom is -0.314 e. The molecule has 0 saturated carbocycles. The normalized spacial score (nSPS) is 21.2. The van der Waals surface area contributed by atoms with Crippen molar-refractivity contribution in [2.24, 2.45) is 11.8 Å². The molecule has 0 aromatic heterocycles. The number of hydrogen-bond donors (Lipinski definition) is 1. The number of fused-ring (bicyclic) bond motifs is 1. The molecular weight excluding hydrogens is 242 g/mol. The van der Waals surface area contributed by atoms with Gasteiger partial charge in [0, 0.05) is 6.04 Å². The van der Waals surface area contributed by atoms with Gasteiger partial charge in [-0.2, -0.15) is 0 Å². The van der Waals surface area contributed by atoms with E-state index in [4.69, 9.17) is 0 Å². The first-order valence-electron chi connectivity index (χ1n) is 8.54. The van der Waals surface area contributed by atoms with Gasteiger partial charge in [-0.3, -0.25) is 0 Å². The van der Waals surface area contributed by atoms with Crippen molar-refractivity contribution in [2.75, 3.05) is 6.54 Å². The third kappa shape index (κ3) is 4.09. The molecule has 1 aliphatic rings. The summed E-state index contributed by atoms with van der Waals surface area (Å²) in [6, 6.07) is 9.73. The summed E-state index contributed by atoms with van der Waals surface area (Å²) in [7, 11) is 0. The Hall–Kier alpha value is -0.820. The van der Waals surface area contributed by atoms with Crippen LogP contribution >= 0.6 is 0 Å². The Bertz CT molecular complexity index is 399. The van der Waals surface area contributed by atoms with E-state index in [1.54, 1.807) is 11.1 Å². The zero-order valence-electron chi connectivity index (χ0n) is 13.5. The van der Waals surface area contributed by atoms with Gasteiger partial charge in [0.1, 0.15) is 0 Å². The predicted octanol–water partition coefficient (Wildman–Crippen LogP) is 4.60. The Morgan fingerprint density at radius 2 is 1.95 bits per heavy atom. The van der Waals surface area contributed by atoms with E-state index in [1.165, 1.54) is 38.5 Å². The SMILES string of the molecule is CCCC(C)CC(NCC)C1CCc2ccccc2C1. The maximum atomic E-state index is 3.77. The van der Waals surface area contributed by atoms with Gasteiger partial charge in [-0.15, -0.1) is 0 Å². The molecule has 1 heteroatoms. The summed E-state index contributed by atoms with van der Waals surface area (Å²) in [6.07, 6.45) is 7.92. The van der Waals surface area contributed by atoms with Gasteiger partial charge in [0.05, 0.1) is 0 Å². The molecule has 0 radical (unpaired) electrons. The van der Waals surface area contributed by atoms with E-state index in [1.807, 2.05) is 0 Å². The fourth-order valence-corrected chi connectivity index (χ4v) is 3.82. The first-order valence-corrected chi connectivity index (χ1v) is 8.54. The Labute approximate surface area is 125 Å². The van der Waals surface area contributed by atoms with Crippen molar-refractivity contribution in [1.29, 1.82) is 0 Å². The molecule has 20 heavy (non-hydrogen) atoms. The molecule has 0 bridgehead atoms. The summed E-state index contributed by atoms with van der Waals surface area (Å²) in [6.45, 7) is 8.07. The highest BCUT2D eigenvalue weighted by atomic mass is 14.9. The quantitative estimate of drug-likeness (QED) is 0.766.